The summed E-state index contributed by atoms with van der Waals surface area (Å²) in [5.41, 5.74) is 7.34. The molecular weight excluding hydrogens is 360 g/mol. The largest absolute Gasteiger partial charge is 0.508 e. The molecule has 4 N–H and O–H groups in total. The Morgan fingerprint density at radius 3 is 2.81 bits per heavy atom. The number of primary amides is 1. The number of thiophene rings is 1. The second kappa shape index (κ2) is 7.54. The number of carbonyl (C=O) groups is 1. The molecule has 7 heteroatoms. The topological polar surface area (TPSA) is 91.5 Å². The molecule has 1 amide bonds. The molecule has 1 aliphatic rings. The van der Waals surface area contributed by atoms with Crippen molar-refractivity contribution in [1.82, 2.24) is 10.3 Å². The number of nitrogens with zero attached hydrogens (tertiary/aromatic N) is 2. The number of amides is 1. The third-order valence-corrected chi connectivity index (χ3v) is 6.14. The van der Waals surface area contributed by atoms with Crippen molar-refractivity contribution < 1.29 is 9.90 Å². The number of anilines is 1. The first kappa shape index (κ1) is 17.8. The standard InChI is InChI=1S/C20H22N4O2S/c21-20(26)18-9-15-16(10-23-11-19(15)27-18)24(14-5-7-22-8-6-14)12-13-3-1-2-4-17(13)25/h1-4,9-11,14,22,25H,5-8,12H2,(H2,21,26). The van der Waals surface area contributed by atoms with E-state index in [4.69, 9.17) is 5.73 Å². The number of fused-ring (bicyclic) bond motifs is 1. The van der Waals surface area contributed by atoms with Gasteiger partial charge in [-0.1, -0.05) is 18.2 Å². The number of rotatable bonds is 5. The molecule has 4 rings (SSSR count). The molecule has 3 heterocycles. The van der Waals surface area contributed by atoms with Crippen LogP contribution in [0, 0.1) is 0 Å². The highest BCUT2D eigenvalue weighted by Gasteiger charge is 2.25. The van der Waals surface area contributed by atoms with E-state index in [-0.39, 0.29) is 0 Å². The van der Waals surface area contributed by atoms with Crippen LogP contribution in [0.4, 0.5) is 5.69 Å². The lowest BCUT2D eigenvalue weighted by Gasteiger charge is -2.37. The molecule has 0 unspecified atom stereocenters. The van der Waals surface area contributed by atoms with Gasteiger partial charge >= 0.3 is 0 Å². The average molecular weight is 382 g/mol. The molecule has 0 saturated carbocycles. The lowest BCUT2D eigenvalue weighted by Crippen LogP contribution is -2.43. The number of hydrogen-bond acceptors (Lipinski definition) is 6. The molecular formula is C20H22N4O2S. The fourth-order valence-corrected chi connectivity index (χ4v) is 4.56. The normalized spacial score (nSPS) is 15.1. The Labute approximate surface area is 161 Å². The predicted molar refractivity (Wildman–Crippen MR) is 108 cm³/mol. The Morgan fingerprint density at radius 1 is 1.30 bits per heavy atom. The smallest absolute Gasteiger partial charge is 0.258 e. The highest BCUT2D eigenvalue weighted by atomic mass is 32.1. The van der Waals surface area contributed by atoms with Crippen molar-refractivity contribution in [3.05, 3.63) is 53.2 Å². The number of nitrogens with two attached hydrogens (primary N) is 1. The van der Waals surface area contributed by atoms with Crippen LogP contribution < -0.4 is 16.0 Å². The molecule has 1 aromatic carbocycles. The van der Waals surface area contributed by atoms with E-state index in [0.717, 1.165) is 47.3 Å². The van der Waals surface area contributed by atoms with Gasteiger partial charge in [-0.25, -0.2) is 0 Å². The quantitative estimate of drug-likeness (QED) is 0.631. The Bertz CT molecular complexity index is 966. The maximum atomic E-state index is 11.6. The highest BCUT2D eigenvalue weighted by molar-refractivity contribution is 7.20. The molecule has 0 spiro atoms. The molecule has 1 fully saturated rings. The van der Waals surface area contributed by atoms with E-state index in [2.05, 4.69) is 15.2 Å². The third-order valence-electron chi connectivity index (χ3n) is 5.06. The molecule has 1 saturated heterocycles. The zero-order chi connectivity index (χ0) is 18.8. The SMILES string of the molecule is NC(=O)c1cc2c(N(Cc3ccccc3O)C3CCNCC3)cncc2s1. The highest BCUT2D eigenvalue weighted by Crippen LogP contribution is 2.36. The number of benzene rings is 1. The number of phenols is 1. The van der Waals surface area contributed by atoms with E-state index in [1.54, 1.807) is 12.3 Å². The van der Waals surface area contributed by atoms with Gasteiger partial charge in [-0.15, -0.1) is 11.3 Å². The van der Waals surface area contributed by atoms with Crippen molar-refractivity contribution in [1.29, 1.82) is 0 Å². The van der Waals surface area contributed by atoms with Crippen molar-refractivity contribution in [3.8, 4) is 5.75 Å². The molecule has 3 aromatic rings. The van der Waals surface area contributed by atoms with E-state index >= 15 is 0 Å². The monoisotopic (exact) mass is 382 g/mol. The number of aromatic nitrogens is 1. The molecule has 0 bridgehead atoms. The molecule has 2 aromatic heterocycles. The van der Waals surface area contributed by atoms with E-state index < -0.39 is 5.91 Å². The van der Waals surface area contributed by atoms with Gasteiger partial charge in [0.15, 0.2) is 0 Å². The number of aromatic hydroxyl groups is 1. The molecule has 0 radical (unpaired) electrons. The molecule has 0 aliphatic carbocycles. The van der Waals surface area contributed by atoms with Gasteiger partial charge in [0.2, 0.25) is 0 Å². The first-order chi connectivity index (χ1) is 13.1. The van der Waals surface area contributed by atoms with Gasteiger partial charge in [-0.3, -0.25) is 9.78 Å². The van der Waals surface area contributed by atoms with Gasteiger partial charge in [0.05, 0.1) is 21.5 Å². The Morgan fingerprint density at radius 2 is 2.07 bits per heavy atom. The van der Waals surface area contributed by atoms with Crippen LogP contribution in [-0.4, -0.2) is 35.1 Å². The molecule has 140 valence electrons. The van der Waals surface area contributed by atoms with Crippen LogP contribution in [0.5, 0.6) is 5.75 Å². The maximum Gasteiger partial charge on any atom is 0.258 e. The zero-order valence-electron chi connectivity index (χ0n) is 14.9. The fourth-order valence-electron chi connectivity index (χ4n) is 3.65. The molecule has 0 atom stereocenters. The number of piperidine rings is 1. The summed E-state index contributed by atoms with van der Waals surface area (Å²) in [7, 11) is 0. The average Bonchev–Trinajstić information content (AvgIpc) is 3.13. The minimum absolute atomic E-state index is 0.291. The minimum Gasteiger partial charge on any atom is -0.508 e. The number of hydrogen-bond donors (Lipinski definition) is 3. The maximum absolute atomic E-state index is 11.6. The predicted octanol–water partition coefficient (Wildman–Crippen LogP) is 2.86. The Kier molecular flexibility index (Phi) is 4.96. The summed E-state index contributed by atoms with van der Waals surface area (Å²) in [4.78, 5) is 18.9. The summed E-state index contributed by atoms with van der Waals surface area (Å²) in [6, 6.07) is 9.61. The fraction of sp³-hybridized carbons (Fsp3) is 0.300. The summed E-state index contributed by atoms with van der Waals surface area (Å²) < 4.78 is 0.942. The third kappa shape index (κ3) is 3.61. The zero-order valence-corrected chi connectivity index (χ0v) is 15.7. The van der Waals surface area contributed by atoms with Crippen LogP contribution >= 0.6 is 11.3 Å². The van der Waals surface area contributed by atoms with Crippen LogP contribution in [0.15, 0.2) is 42.7 Å². The van der Waals surface area contributed by atoms with Crippen LogP contribution in [0.2, 0.25) is 0 Å². The van der Waals surface area contributed by atoms with Gasteiger partial charge < -0.3 is 21.1 Å². The summed E-state index contributed by atoms with van der Waals surface area (Å²) in [5, 5.41) is 14.7. The van der Waals surface area contributed by atoms with Crippen molar-refractivity contribution in [3.63, 3.8) is 0 Å². The van der Waals surface area contributed by atoms with Crippen LogP contribution in [0.3, 0.4) is 0 Å². The van der Waals surface area contributed by atoms with Gasteiger partial charge in [-0.2, -0.15) is 0 Å². The van der Waals surface area contributed by atoms with Crippen LogP contribution in [-0.2, 0) is 6.54 Å². The van der Waals surface area contributed by atoms with E-state index in [1.165, 1.54) is 11.3 Å². The summed E-state index contributed by atoms with van der Waals surface area (Å²) >= 11 is 1.37. The minimum atomic E-state index is -0.420. The van der Waals surface area contributed by atoms with E-state index in [9.17, 15) is 9.90 Å². The second-order valence-electron chi connectivity index (χ2n) is 6.78. The summed E-state index contributed by atoms with van der Waals surface area (Å²) in [6.07, 6.45) is 5.64. The van der Waals surface area contributed by atoms with Crippen molar-refractivity contribution in [2.75, 3.05) is 18.0 Å². The number of phenolic OH excluding ortho intramolecular Hbond substituents is 1. The Balaban J connectivity index is 1.79. The van der Waals surface area contributed by atoms with Gasteiger partial charge in [-0.05, 0) is 38.1 Å². The molecule has 27 heavy (non-hydrogen) atoms. The van der Waals surface area contributed by atoms with Crippen molar-refractivity contribution >= 4 is 33.0 Å². The summed E-state index contributed by atoms with van der Waals surface area (Å²) in [5.74, 6) is -0.129. The molecule has 6 nitrogen and oxygen atoms in total. The van der Waals surface area contributed by atoms with E-state index in [1.807, 2.05) is 30.5 Å². The number of nitrogens with one attached hydrogen (secondary N) is 1. The number of pyridine rings is 1. The van der Waals surface area contributed by atoms with Gasteiger partial charge in [0.1, 0.15) is 5.75 Å². The number of carbonyl (C=O) groups excluding carboxylic acids is 1. The first-order valence-corrected chi connectivity index (χ1v) is 9.86. The Hall–Kier alpha value is -2.64. The van der Waals surface area contributed by atoms with Crippen LogP contribution in [0.1, 0.15) is 28.1 Å². The second-order valence-corrected chi connectivity index (χ2v) is 7.87. The lowest BCUT2D eigenvalue weighted by molar-refractivity contribution is 0.100. The van der Waals surface area contributed by atoms with Gasteiger partial charge in [0, 0.05) is 29.7 Å². The lowest BCUT2D eigenvalue weighted by atomic mass is 10.0. The first-order valence-electron chi connectivity index (χ1n) is 9.05. The molecule has 1 aliphatic heterocycles. The van der Waals surface area contributed by atoms with Crippen molar-refractivity contribution in [2.24, 2.45) is 5.73 Å². The van der Waals surface area contributed by atoms with Gasteiger partial charge in [0.25, 0.3) is 5.91 Å². The summed E-state index contributed by atoms with van der Waals surface area (Å²) in [6.45, 7) is 2.50. The number of para-hydroxylation sites is 1. The van der Waals surface area contributed by atoms with E-state index in [0.29, 0.717) is 23.2 Å². The van der Waals surface area contributed by atoms with Crippen LogP contribution in [0.25, 0.3) is 10.1 Å². The van der Waals surface area contributed by atoms with Crippen molar-refractivity contribution in [2.45, 2.75) is 25.4 Å².